The Kier molecular flexibility index (Phi) is 5.49. The molecule has 0 bridgehead atoms. The first-order chi connectivity index (χ1) is 6.80. The van der Waals surface area contributed by atoms with Gasteiger partial charge in [-0.3, -0.25) is 0 Å². The number of hydrogen-bond donors (Lipinski definition) is 2. The van der Waals surface area contributed by atoms with E-state index in [4.69, 9.17) is 5.11 Å². The molecule has 1 aliphatic rings. The van der Waals surface area contributed by atoms with E-state index in [1.54, 1.807) is 0 Å². The molecule has 0 aromatic rings. The Bertz CT molecular complexity index is 149. The molecule has 0 spiro atoms. The fourth-order valence-electron chi connectivity index (χ4n) is 2.49. The molecule has 1 rings (SSSR count). The maximum Gasteiger partial charge on any atom is 0.0445 e. The van der Waals surface area contributed by atoms with E-state index >= 15 is 0 Å². The van der Waals surface area contributed by atoms with Gasteiger partial charge in [-0.1, -0.05) is 20.3 Å². The maximum absolute atomic E-state index is 8.90. The van der Waals surface area contributed by atoms with Gasteiger partial charge in [-0.25, -0.2) is 0 Å². The molecule has 0 aliphatic heterocycles. The topological polar surface area (TPSA) is 32.3 Å². The van der Waals surface area contributed by atoms with Crippen LogP contribution < -0.4 is 5.32 Å². The first-order valence-corrected chi connectivity index (χ1v) is 6.17. The van der Waals surface area contributed by atoms with E-state index in [9.17, 15) is 0 Å². The Balaban J connectivity index is 2.22. The molecule has 0 saturated heterocycles. The molecule has 2 nitrogen and oxygen atoms in total. The number of aliphatic hydroxyl groups excluding tert-OH is 1. The second kappa shape index (κ2) is 6.41. The zero-order valence-electron chi connectivity index (χ0n) is 9.63. The number of rotatable bonds is 6. The Labute approximate surface area is 88.1 Å². The molecule has 14 heavy (non-hydrogen) atoms. The van der Waals surface area contributed by atoms with Crippen molar-refractivity contribution in [3.8, 4) is 0 Å². The molecule has 3 atom stereocenters. The van der Waals surface area contributed by atoms with Gasteiger partial charge in [-0.15, -0.1) is 0 Å². The molecule has 0 amide bonds. The van der Waals surface area contributed by atoms with Crippen molar-refractivity contribution < 1.29 is 5.11 Å². The zero-order valence-corrected chi connectivity index (χ0v) is 9.63. The molecule has 0 aromatic heterocycles. The second-order valence-electron chi connectivity index (χ2n) is 4.57. The first-order valence-electron chi connectivity index (χ1n) is 6.17. The summed E-state index contributed by atoms with van der Waals surface area (Å²) in [5.41, 5.74) is 0. The Hall–Kier alpha value is -0.0800. The summed E-state index contributed by atoms with van der Waals surface area (Å²) in [5, 5.41) is 12.6. The summed E-state index contributed by atoms with van der Waals surface area (Å²) in [7, 11) is 0. The quantitative estimate of drug-likeness (QED) is 0.688. The molecule has 84 valence electrons. The fraction of sp³-hybridized carbons (Fsp3) is 1.00. The van der Waals surface area contributed by atoms with Crippen molar-refractivity contribution in [3.63, 3.8) is 0 Å². The van der Waals surface area contributed by atoms with Crippen LogP contribution in [0, 0.1) is 5.92 Å². The van der Waals surface area contributed by atoms with Gasteiger partial charge in [0.2, 0.25) is 0 Å². The highest BCUT2D eigenvalue weighted by Gasteiger charge is 2.24. The summed E-state index contributed by atoms with van der Waals surface area (Å²) in [6, 6.07) is 1.25. The van der Waals surface area contributed by atoms with Gasteiger partial charge in [0.15, 0.2) is 0 Å². The van der Waals surface area contributed by atoms with Crippen molar-refractivity contribution in [2.45, 2.75) is 64.5 Å². The van der Waals surface area contributed by atoms with Gasteiger partial charge in [0.05, 0.1) is 0 Å². The summed E-state index contributed by atoms with van der Waals surface area (Å²) in [6.07, 6.45) is 7.44. The fourth-order valence-corrected chi connectivity index (χ4v) is 2.49. The predicted molar refractivity (Wildman–Crippen MR) is 60.3 cm³/mol. The number of nitrogens with one attached hydrogen (secondary N) is 1. The van der Waals surface area contributed by atoms with Crippen LogP contribution in [0.4, 0.5) is 0 Å². The van der Waals surface area contributed by atoms with E-state index in [1.807, 2.05) is 0 Å². The molecule has 3 unspecified atom stereocenters. The van der Waals surface area contributed by atoms with Crippen LogP contribution in [0.1, 0.15) is 52.4 Å². The normalized spacial score (nSPS) is 29.4. The predicted octanol–water partition coefficient (Wildman–Crippen LogP) is 2.32. The van der Waals surface area contributed by atoms with Crippen LogP contribution in [-0.2, 0) is 0 Å². The summed E-state index contributed by atoms with van der Waals surface area (Å²) in [4.78, 5) is 0. The third-order valence-corrected chi connectivity index (χ3v) is 3.56. The van der Waals surface area contributed by atoms with E-state index < -0.39 is 0 Å². The minimum Gasteiger partial charge on any atom is -0.396 e. The van der Waals surface area contributed by atoms with E-state index in [-0.39, 0.29) is 0 Å². The summed E-state index contributed by atoms with van der Waals surface area (Å²) in [6.45, 7) is 4.80. The third-order valence-electron chi connectivity index (χ3n) is 3.56. The monoisotopic (exact) mass is 199 g/mol. The lowest BCUT2D eigenvalue weighted by Crippen LogP contribution is -2.37. The van der Waals surface area contributed by atoms with Crippen LogP contribution in [-0.4, -0.2) is 23.8 Å². The largest absolute Gasteiger partial charge is 0.396 e. The molecule has 2 N–H and O–H groups in total. The zero-order chi connectivity index (χ0) is 10.4. The van der Waals surface area contributed by atoms with Crippen molar-refractivity contribution in [3.05, 3.63) is 0 Å². The van der Waals surface area contributed by atoms with Gasteiger partial charge >= 0.3 is 0 Å². The Morgan fingerprint density at radius 1 is 1.36 bits per heavy atom. The van der Waals surface area contributed by atoms with Crippen LogP contribution in [0.2, 0.25) is 0 Å². The van der Waals surface area contributed by atoms with E-state index in [0.29, 0.717) is 12.6 Å². The van der Waals surface area contributed by atoms with Gasteiger partial charge < -0.3 is 10.4 Å². The molecular formula is C12H25NO. The number of hydrogen-bond acceptors (Lipinski definition) is 2. The highest BCUT2D eigenvalue weighted by Crippen LogP contribution is 2.28. The van der Waals surface area contributed by atoms with Crippen molar-refractivity contribution in [1.82, 2.24) is 5.32 Å². The minimum absolute atomic E-state index is 0.315. The van der Waals surface area contributed by atoms with E-state index in [0.717, 1.165) is 24.8 Å². The van der Waals surface area contributed by atoms with E-state index in [1.165, 1.54) is 25.7 Å². The maximum atomic E-state index is 8.90. The van der Waals surface area contributed by atoms with Crippen LogP contribution >= 0.6 is 0 Å². The summed E-state index contributed by atoms with van der Waals surface area (Å²) < 4.78 is 0. The lowest BCUT2D eigenvalue weighted by Gasteiger charge is -2.21. The lowest BCUT2D eigenvalue weighted by molar-refractivity contribution is 0.254. The molecule has 2 heteroatoms. The van der Waals surface area contributed by atoms with Crippen molar-refractivity contribution >= 4 is 0 Å². The average Bonchev–Trinajstić information content (AvgIpc) is 2.65. The standard InChI is InChI=1S/C12H25NO/c1-3-10-5-6-12(9-10)13-11(4-2)7-8-14/h10-14H,3-9H2,1-2H3. The number of aliphatic hydroxyl groups is 1. The molecule has 1 fully saturated rings. The van der Waals surface area contributed by atoms with Crippen LogP contribution in [0.25, 0.3) is 0 Å². The Morgan fingerprint density at radius 3 is 2.64 bits per heavy atom. The second-order valence-corrected chi connectivity index (χ2v) is 4.57. The van der Waals surface area contributed by atoms with Crippen molar-refractivity contribution in [1.29, 1.82) is 0 Å². The molecular weight excluding hydrogens is 174 g/mol. The van der Waals surface area contributed by atoms with Gasteiger partial charge in [-0.05, 0) is 38.0 Å². The third kappa shape index (κ3) is 3.58. The molecule has 1 aliphatic carbocycles. The van der Waals surface area contributed by atoms with Crippen molar-refractivity contribution in [2.75, 3.05) is 6.61 Å². The van der Waals surface area contributed by atoms with Gasteiger partial charge in [-0.2, -0.15) is 0 Å². The van der Waals surface area contributed by atoms with Gasteiger partial charge in [0.25, 0.3) is 0 Å². The first kappa shape index (κ1) is 12.0. The lowest BCUT2D eigenvalue weighted by atomic mass is 10.0. The summed E-state index contributed by atoms with van der Waals surface area (Å²) in [5.74, 6) is 0.944. The minimum atomic E-state index is 0.315. The van der Waals surface area contributed by atoms with Crippen molar-refractivity contribution in [2.24, 2.45) is 5.92 Å². The molecule has 0 radical (unpaired) electrons. The molecule has 1 saturated carbocycles. The van der Waals surface area contributed by atoms with Crippen LogP contribution in [0.5, 0.6) is 0 Å². The van der Waals surface area contributed by atoms with E-state index in [2.05, 4.69) is 19.2 Å². The summed E-state index contributed by atoms with van der Waals surface area (Å²) >= 11 is 0. The smallest absolute Gasteiger partial charge is 0.0445 e. The van der Waals surface area contributed by atoms with Crippen LogP contribution in [0.3, 0.4) is 0 Å². The SMILES string of the molecule is CCC1CCC(NC(CC)CCO)C1. The highest BCUT2D eigenvalue weighted by atomic mass is 16.3. The van der Waals surface area contributed by atoms with Gasteiger partial charge in [0, 0.05) is 18.7 Å². The van der Waals surface area contributed by atoms with Gasteiger partial charge in [0.1, 0.15) is 0 Å². The Morgan fingerprint density at radius 2 is 2.14 bits per heavy atom. The average molecular weight is 199 g/mol. The molecule has 0 heterocycles. The van der Waals surface area contributed by atoms with Crippen LogP contribution in [0.15, 0.2) is 0 Å². The molecule has 0 aromatic carbocycles. The highest BCUT2D eigenvalue weighted by molar-refractivity contribution is 4.82.